The number of hydrogen-bond acceptors (Lipinski definition) is 5. The fourth-order valence-corrected chi connectivity index (χ4v) is 3.35. The van der Waals surface area contributed by atoms with Crippen LogP contribution in [0.15, 0.2) is 29.2 Å². The predicted octanol–water partition coefficient (Wildman–Crippen LogP) is 0.780. The summed E-state index contributed by atoms with van der Waals surface area (Å²) >= 11 is 0. The normalized spacial score (nSPS) is 17.2. The second-order valence-electron chi connectivity index (χ2n) is 6.57. The maximum Gasteiger partial charge on any atom is 0.254 e. The van der Waals surface area contributed by atoms with Gasteiger partial charge in [0.25, 0.3) is 5.91 Å². The smallest absolute Gasteiger partial charge is 0.254 e. The lowest BCUT2D eigenvalue weighted by Crippen LogP contribution is -2.53. The van der Waals surface area contributed by atoms with E-state index in [2.05, 4.69) is 0 Å². The van der Waals surface area contributed by atoms with Crippen LogP contribution in [0.25, 0.3) is 0 Å². The van der Waals surface area contributed by atoms with Gasteiger partial charge in [0.05, 0.1) is 10.8 Å². The summed E-state index contributed by atoms with van der Waals surface area (Å²) in [5.41, 5.74) is 6.12. The SMILES string of the molecule is CC(N)C(C)C(=O)N1CCN(C(=O)c2cccc(S(C)(=O)=O)c2)CC1.Cl. The number of nitrogens with two attached hydrogens (primary N) is 1. The number of hydrogen-bond donors (Lipinski definition) is 1. The second kappa shape index (κ2) is 8.83. The Labute approximate surface area is 160 Å². The van der Waals surface area contributed by atoms with Gasteiger partial charge in [-0.2, -0.15) is 0 Å². The number of amides is 2. The van der Waals surface area contributed by atoms with Crippen molar-refractivity contribution in [2.75, 3.05) is 32.4 Å². The van der Waals surface area contributed by atoms with E-state index in [0.29, 0.717) is 31.7 Å². The lowest BCUT2D eigenvalue weighted by Gasteiger charge is -2.36. The van der Waals surface area contributed by atoms with Crippen molar-refractivity contribution in [2.45, 2.75) is 24.8 Å². The molecule has 0 spiro atoms. The van der Waals surface area contributed by atoms with Gasteiger partial charge in [-0.1, -0.05) is 13.0 Å². The number of carbonyl (C=O) groups excluding carboxylic acids is 2. The largest absolute Gasteiger partial charge is 0.339 e. The van der Waals surface area contributed by atoms with Gasteiger partial charge >= 0.3 is 0 Å². The third-order valence-corrected chi connectivity index (χ3v) is 5.68. The number of halogens is 1. The molecule has 2 N–H and O–H groups in total. The molecular formula is C17H26ClN3O4S. The Morgan fingerprint density at radius 1 is 1.08 bits per heavy atom. The predicted molar refractivity (Wildman–Crippen MR) is 102 cm³/mol. The number of benzene rings is 1. The van der Waals surface area contributed by atoms with Gasteiger partial charge < -0.3 is 15.5 Å². The highest BCUT2D eigenvalue weighted by Crippen LogP contribution is 2.15. The standard InChI is InChI=1S/C17H25N3O4S.ClH/c1-12(13(2)18)16(21)19-7-9-20(10-8-19)17(22)14-5-4-6-15(11-14)25(3,23)24;/h4-6,11-13H,7-10,18H2,1-3H3;1H. The third kappa shape index (κ3) is 5.18. The molecule has 1 fully saturated rings. The quantitative estimate of drug-likeness (QED) is 0.800. The summed E-state index contributed by atoms with van der Waals surface area (Å²) in [4.78, 5) is 28.4. The van der Waals surface area contributed by atoms with Crippen molar-refractivity contribution in [1.82, 2.24) is 9.80 Å². The summed E-state index contributed by atoms with van der Waals surface area (Å²) < 4.78 is 23.3. The van der Waals surface area contributed by atoms with Crippen molar-refractivity contribution >= 4 is 34.1 Å². The molecular weight excluding hydrogens is 378 g/mol. The van der Waals surface area contributed by atoms with E-state index in [1.54, 1.807) is 35.8 Å². The van der Waals surface area contributed by atoms with E-state index >= 15 is 0 Å². The van der Waals surface area contributed by atoms with E-state index in [4.69, 9.17) is 5.73 Å². The molecule has 146 valence electrons. The van der Waals surface area contributed by atoms with Crippen molar-refractivity contribution in [3.05, 3.63) is 29.8 Å². The molecule has 2 amide bonds. The molecule has 1 aromatic rings. The second-order valence-corrected chi connectivity index (χ2v) is 8.58. The zero-order valence-corrected chi connectivity index (χ0v) is 16.8. The minimum atomic E-state index is -3.36. The van der Waals surface area contributed by atoms with Crippen LogP contribution in [-0.4, -0.2) is 68.5 Å². The molecule has 2 rings (SSSR count). The van der Waals surface area contributed by atoms with Crippen LogP contribution in [-0.2, 0) is 14.6 Å². The maximum absolute atomic E-state index is 12.6. The molecule has 0 saturated carbocycles. The molecule has 1 heterocycles. The van der Waals surface area contributed by atoms with Crippen LogP contribution in [0.5, 0.6) is 0 Å². The molecule has 1 aromatic carbocycles. The van der Waals surface area contributed by atoms with Gasteiger partial charge in [0.1, 0.15) is 0 Å². The molecule has 0 bridgehead atoms. The minimum absolute atomic E-state index is 0. The van der Waals surface area contributed by atoms with Crippen molar-refractivity contribution in [2.24, 2.45) is 11.7 Å². The van der Waals surface area contributed by atoms with Crippen LogP contribution < -0.4 is 5.73 Å². The molecule has 9 heteroatoms. The van der Waals surface area contributed by atoms with E-state index < -0.39 is 9.84 Å². The lowest BCUT2D eigenvalue weighted by molar-refractivity contribution is -0.137. The summed E-state index contributed by atoms with van der Waals surface area (Å²) in [6, 6.07) is 5.82. The number of piperazine rings is 1. The van der Waals surface area contributed by atoms with Crippen molar-refractivity contribution in [3.63, 3.8) is 0 Å². The van der Waals surface area contributed by atoms with Gasteiger partial charge in [-0.15, -0.1) is 12.4 Å². The molecule has 1 saturated heterocycles. The minimum Gasteiger partial charge on any atom is -0.339 e. The molecule has 1 aliphatic rings. The van der Waals surface area contributed by atoms with Crippen LogP contribution in [0.2, 0.25) is 0 Å². The maximum atomic E-state index is 12.6. The van der Waals surface area contributed by atoms with Gasteiger partial charge in [0.2, 0.25) is 5.91 Å². The summed E-state index contributed by atoms with van der Waals surface area (Å²) in [5.74, 6) is -0.479. The third-order valence-electron chi connectivity index (χ3n) is 4.57. The first-order valence-electron chi connectivity index (χ1n) is 8.25. The Kier molecular flexibility index (Phi) is 7.61. The summed E-state index contributed by atoms with van der Waals surface area (Å²) in [5, 5.41) is 0. The van der Waals surface area contributed by atoms with Crippen LogP contribution >= 0.6 is 12.4 Å². The van der Waals surface area contributed by atoms with Crippen LogP contribution in [0, 0.1) is 5.92 Å². The van der Waals surface area contributed by atoms with Crippen LogP contribution in [0.4, 0.5) is 0 Å². The molecule has 26 heavy (non-hydrogen) atoms. The molecule has 0 aliphatic carbocycles. The highest BCUT2D eigenvalue weighted by molar-refractivity contribution is 7.90. The van der Waals surface area contributed by atoms with E-state index in [9.17, 15) is 18.0 Å². The van der Waals surface area contributed by atoms with Gasteiger partial charge in [-0.05, 0) is 25.1 Å². The fourth-order valence-electron chi connectivity index (χ4n) is 2.69. The van der Waals surface area contributed by atoms with Gasteiger partial charge in [-0.25, -0.2) is 8.42 Å². The number of rotatable bonds is 4. The highest BCUT2D eigenvalue weighted by Gasteiger charge is 2.28. The first kappa shape index (κ1) is 22.4. The van der Waals surface area contributed by atoms with E-state index in [1.807, 2.05) is 0 Å². The van der Waals surface area contributed by atoms with Crippen molar-refractivity contribution in [1.29, 1.82) is 0 Å². The molecule has 2 atom stereocenters. The number of nitrogens with zero attached hydrogens (tertiary/aromatic N) is 2. The Morgan fingerprint density at radius 2 is 1.62 bits per heavy atom. The van der Waals surface area contributed by atoms with E-state index in [1.165, 1.54) is 12.1 Å². The lowest BCUT2D eigenvalue weighted by atomic mass is 10.0. The molecule has 2 unspecified atom stereocenters. The fraction of sp³-hybridized carbons (Fsp3) is 0.529. The average Bonchev–Trinajstić information content (AvgIpc) is 2.59. The molecule has 7 nitrogen and oxygen atoms in total. The summed E-state index contributed by atoms with van der Waals surface area (Å²) in [6.07, 6.45) is 1.11. The van der Waals surface area contributed by atoms with Gasteiger partial charge in [0, 0.05) is 44.0 Å². The van der Waals surface area contributed by atoms with Crippen LogP contribution in [0.1, 0.15) is 24.2 Å². The van der Waals surface area contributed by atoms with Crippen LogP contribution in [0.3, 0.4) is 0 Å². The van der Waals surface area contributed by atoms with E-state index in [0.717, 1.165) is 6.26 Å². The Morgan fingerprint density at radius 3 is 2.12 bits per heavy atom. The first-order chi connectivity index (χ1) is 11.6. The van der Waals surface area contributed by atoms with E-state index in [-0.39, 0.29) is 41.1 Å². The number of carbonyl (C=O) groups is 2. The van der Waals surface area contributed by atoms with Crippen molar-refractivity contribution in [3.8, 4) is 0 Å². The zero-order valence-electron chi connectivity index (χ0n) is 15.2. The molecule has 0 radical (unpaired) electrons. The summed E-state index contributed by atoms with van der Waals surface area (Å²) in [6.45, 7) is 5.35. The Bertz CT molecular complexity index is 759. The van der Waals surface area contributed by atoms with Gasteiger partial charge in [-0.3, -0.25) is 9.59 Å². The number of sulfone groups is 1. The monoisotopic (exact) mass is 403 g/mol. The average molecular weight is 404 g/mol. The summed E-state index contributed by atoms with van der Waals surface area (Å²) in [7, 11) is -3.36. The Balaban J connectivity index is 0.00000338. The molecule has 1 aliphatic heterocycles. The molecule has 0 aromatic heterocycles. The highest BCUT2D eigenvalue weighted by atomic mass is 35.5. The van der Waals surface area contributed by atoms with Gasteiger partial charge in [0.15, 0.2) is 9.84 Å². The first-order valence-corrected chi connectivity index (χ1v) is 10.1. The van der Waals surface area contributed by atoms with Crippen molar-refractivity contribution < 1.29 is 18.0 Å². The zero-order chi connectivity index (χ0) is 18.8. The topological polar surface area (TPSA) is 101 Å². The Hall–Kier alpha value is -1.64.